The van der Waals surface area contributed by atoms with Gasteiger partial charge in [0.15, 0.2) is 0 Å². The molecule has 0 unspecified atom stereocenters. The summed E-state index contributed by atoms with van der Waals surface area (Å²) in [5.41, 5.74) is 2.99. The third kappa shape index (κ3) is 5.21. The van der Waals surface area contributed by atoms with Gasteiger partial charge in [-0.05, 0) is 42.8 Å². The molecular weight excluding hydrogens is 388 g/mol. The summed E-state index contributed by atoms with van der Waals surface area (Å²) in [4.78, 5) is 16.8. The van der Waals surface area contributed by atoms with Crippen LogP contribution < -0.4 is 15.0 Å². The smallest absolute Gasteiger partial charge is 0.267 e. The van der Waals surface area contributed by atoms with Crippen LogP contribution in [-0.4, -0.2) is 44.1 Å². The topological polar surface area (TPSA) is 68.6 Å². The first-order chi connectivity index (χ1) is 14.0. The van der Waals surface area contributed by atoms with Crippen LogP contribution in [0.25, 0.3) is 0 Å². The highest BCUT2D eigenvalue weighted by molar-refractivity contribution is 6.32. The van der Waals surface area contributed by atoms with Crippen molar-refractivity contribution < 1.29 is 9.53 Å². The number of nitrogens with zero attached hydrogens (tertiary/aromatic N) is 3. The fourth-order valence-electron chi connectivity index (χ4n) is 3.20. The Kier molecular flexibility index (Phi) is 6.63. The Balaban J connectivity index is 1.62. The monoisotopic (exact) mass is 410 g/mol. The first kappa shape index (κ1) is 20.6. The van der Waals surface area contributed by atoms with Crippen LogP contribution in [0, 0.1) is 18.3 Å². The summed E-state index contributed by atoms with van der Waals surface area (Å²) < 4.78 is 5.10. The van der Waals surface area contributed by atoms with E-state index in [1.54, 1.807) is 24.4 Å². The van der Waals surface area contributed by atoms with E-state index in [0.717, 1.165) is 26.2 Å². The standard InChI is InChI=1S/C22H23ClN4O2/c1-16-4-3-5-19(12-16)27-10-8-26(9-11-27)15-17(14-24)22(28)25-18-6-7-21(29-2)20(23)13-18/h3-7,12-13,15H,8-11H2,1-2H3,(H,25,28)/b17-15-. The number of piperazine rings is 1. The number of nitrogens with one attached hydrogen (secondary N) is 1. The van der Waals surface area contributed by atoms with Crippen molar-refractivity contribution in [3.63, 3.8) is 0 Å². The third-order valence-electron chi connectivity index (χ3n) is 4.77. The summed E-state index contributed by atoms with van der Waals surface area (Å²) in [6.45, 7) is 5.21. The van der Waals surface area contributed by atoms with Crippen LogP contribution in [0.4, 0.5) is 11.4 Å². The lowest BCUT2D eigenvalue weighted by Crippen LogP contribution is -2.44. The SMILES string of the molecule is COc1ccc(NC(=O)/C(C#N)=C\N2CCN(c3cccc(C)c3)CC2)cc1Cl. The van der Waals surface area contributed by atoms with Gasteiger partial charge < -0.3 is 19.9 Å². The van der Waals surface area contributed by atoms with Gasteiger partial charge in [0.2, 0.25) is 0 Å². The van der Waals surface area contributed by atoms with Crippen molar-refractivity contribution >= 4 is 28.9 Å². The van der Waals surface area contributed by atoms with E-state index < -0.39 is 5.91 Å². The zero-order valence-electron chi connectivity index (χ0n) is 16.5. The van der Waals surface area contributed by atoms with Crippen molar-refractivity contribution in [3.8, 4) is 11.8 Å². The summed E-state index contributed by atoms with van der Waals surface area (Å²) in [6.07, 6.45) is 1.63. The van der Waals surface area contributed by atoms with E-state index in [1.807, 2.05) is 11.0 Å². The van der Waals surface area contributed by atoms with Gasteiger partial charge in [-0.15, -0.1) is 0 Å². The molecule has 3 rings (SSSR count). The van der Waals surface area contributed by atoms with Crippen molar-refractivity contribution in [1.29, 1.82) is 5.26 Å². The molecule has 1 aliphatic heterocycles. The van der Waals surface area contributed by atoms with Crippen molar-refractivity contribution in [1.82, 2.24) is 4.90 Å². The van der Waals surface area contributed by atoms with E-state index in [2.05, 4.69) is 41.4 Å². The Morgan fingerprint density at radius 1 is 1.21 bits per heavy atom. The highest BCUT2D eigenvalue weighted by Gasteiger charge is 2.18. The molecule has 2 aromatic carbocycles. The number of halogens is 1. The molecule has 0 spiro atoms. The second-order valence-corrected chi connectivity index (χ2v) is 7.23. The van der Waals surface area contributed by atoms with Crippen LogP contribution >= 0.6 is 11.6 Å². The zero-order valence-corrected chi connectivity index (χ0v) is 17.2. The fraction of sp³-hybridized carbons (Fsp3) is 0.273. The second-order valence-electron chi connectivity index (χ2n) is 6.82. The average molecular weight is 411 g/mol. The molecule has 0 atom stereocenters. The molecular formula is C22H23ClN4O2. The van der Waals surface area contributed by atoms with E-state index >= 15 is 0 Å². The first-order valence-corrected chi connectivity index (χ1v) is 9.70. The van der Waals surface area contributed by atoms with Crippen LogP contribution in [0.15, 0.2) is 54.2 Å². The number of hydrogen-bond acceptors (Lipinski definition) is 5. The Bertz CT molecular complexity index is 960. The number of carbonyl (C=O) groups excluding carboxylic acids is 1. The number of ether oxygens (including phenoxy) is 1. The second kappa shape index (κ2) is 9.35. The Hall–Kier alpha value is -3.17. The minimum atomic E-state index is -0.463. The maximum absolute atomic E-state index is 12.5. The molecule has 29 heavy (non-hydrogen) atoms. The maximum atomic E-state index is 12.5. The average Bonchev–Trinajstić information content (AvgIpc) is 2.72. The molecule has 1 aliphatic rings. The summed E-state index contributed by atoms with van der Waals surface area (Å²) >= 11 is 6.09. The van der Waals surface area contributed by atoms with Gasteiger partial charge in [0.25, 0.3) is 5.91 Å². The van der Waals surface area contributed by atoms with Crippen molar-refractivity contribution in [2.24, 2.45) is 0 Å². The Labute approximate surface area is 175 Å². The predicted molar refractivity (Wildman–Crippen MR) is 115 cm³/mol. The summed E-state index contributed by atoms with van der Waals surface area (Å²) in [7, 11) is 1.52. The maximum Gasteiger partial charge on any atom is 0.267 e. The molecule has 1 fully saturated rings. The number of aryl methyl sites for hydroxylation is 1. The van der Waals surface area contributed by atoms with Gasteiger partial charge in [-0.25, -0.2) is 0 Å². The molecule has 6 nitrogen and oxygen atoms in total. The van der Waals surface area contributed by atoms with E-state index in [-0.39, 0.29) is 5.57 Å². The van der Waals surface area contributed by atoms with Gasteiger partial charge in [-0.3, -0.25) is 4.79 Å². The number of amides is 1. The molecule has 1 heterocycles. The highest BCUT2D eigenvalue weighted by atomic mass is 35.5. The molecule has 1 amide bonds. The van der Waals surface area contributed by atoms with Crippen LogP contribution in [0.2, 0.25) is 5.02 Å². The van der Waals surface area contributed by atoms with E-state index in [9.17, 15) is 10.1 Å². The summed E-state index contributed by atoms with van der Waals surface area (Å²) in [5, 5.41) is 12.5. The van der Waals surface area contributed by atoms with Gasteiger partial charge in [-0.1, -0.05) is 23.7 Å². The van der Waals surface area contributed by atoms with E-state index in [1.165, 1.54) is 18.4 Å². The van der Waals surface area contributed by atoms with Crippen LogP contribution in [0.3, 0.4) is 0 Å². The minimum Gasteiger partial charge on any atom is -0.495 e. The molecule has 0 aromatic heterocycles. The largest absolute Gasteiger partial charge is 0.495 e. The van der Waals surface area contributed by atoms with Crippen LogP contribution in [0.1, 0.15) is 5.56 Å². The van der Waals surface area contributed by atoms with E-state index in [0.29, 0.717) is 16.5 Å². The van der Waals surface area contributed by atoms with Crippen molar-refractivity contribution in [3.05, 3.63) is 64.8 Å². The number of anilines is 2. The summed E-state index contributed by atoms with van der Waals surface area (Å²) in [5.74, 6) is 0.0574. The van der Waals surface area contributed by atoms with E-state index in [4.69, 9.17) is 16.3 Å². The lowest BCUT2D eigenvalue weighted by atomic mass is 10.2. The third-order valence-corrected chi connectivity index (χ3v) is 5.06. The molecule has 0 radical (unpaired) electrons. The lowest BCUT2D eigenvalue weighted by molar-refractivity contribution is -0.112. The lowest BCUT2D eigenvalue weighted by Gasteiger charge is -2.35. The number of hydrogen-bond donors (Lipinski definition) is 1. The predicted octanol–water partition coefficient (Wildman–Crippen LogP) is 3.83. The molecule has 150 valence electrons. The van der Waals surface area contributed by atoms with Gasteiger partial charge in [-0.2, -0.15) is 5.26 Å². The number of carbonyl (C=O) groups is 1. The van der Waals surface area contributed by atoms with Crippen LogP contribution in [0.5, 0.6) is 5.75 Å². The number of benzene rings is 2. The molecule has 1 N–H and O–H groups in total. The fourth-order valence-corrected chi connectivity index (χ4v) is 3.45. The molecule has 0 bridgehead atoms. The van der Waals surface area contributed by atoms with Gasteiger partial charge >= 0.3 is 0 Å². The molecule has 0 aliphatic carbocycles. The summed E-state index contributed by atoms with van der Waals surface area (Å²) in [6, 6.07) is 15.3. The number of methoxy groups -OCH3 is 1. The van der Waals surface area contributed by atoms with Crippen LogP contribution in [-0.2, 0) is 4.79 Å². The zero-order chi connectivity index (χ0) is 20.8. The van der Waals surface area contributed by atoms with Gasteiger partial charge in [0.05, 0.1) is 12.1 Å². The minimum absolute atomic E-state index is 0.0564. The Morgan fingerprint density at radius 3 is 2.59 bits per heavy atom. The van der Waals surface area contributed by atoms with Gasteiger partial charge in [0.1, 0.15) is 17.4 Å². The molecule has 0 saturated carbocycles. The molecule has 2 aromatic rings. The van der Waals surface area contributed by atoms with Crippen molar-refractivity contribution in [2.75, 3.05) is 43.5 Å². The molecule has 1 saturated heterocycles. The number of rotatable bonds is 5. The first-order valence-electron chi connectivity index (χ1n) is 9.32. The van der Waals surface area contributed by atoms with Gasteiger partial charge in [0, 0.05) is 43.8 Å². The Morgan fingerprint density at radius 2 is 1.97 bits per heavy atom. The normalized spacial score (nSPS) is 14.3. The number of nitriles is 1. The highest BCUT2D eigenvalue weighted by Crippen LogP contribution is 2.27. The molecule has 7 heteroatoms. The van der Waals surface area contributed by atoms with Crippen molar-refractivity contribution in [2.45, 2.75) is 6.92 Å². The quantitative estimate of drug-likeness (QED) is 0.599.